The fourth-order valence-electron chi connectivity index (χ4n) is 2.58. The molecule has 2 aromatic heterocycles. The topological polar surface area (TPSA) is 77.2 Å². The molecule has 1 aliphatic heterocycles. The van der Waals surface area contributed by atoms with Gasteiger partial charge in [-0.25, -0.2) is 9.97 Å². The van der Waals surface area contributed by atoms with Crippen molar-refractivity contribution in [2.24, 2.45) is 0 Å². The van der Waals surface area contributed by atoms with Crippen LogP contribution in [0.4, 0.5) is 0 Å². The first kappa shape index (κ1) is 15.7. The minimum Gasteiger partial charge on any atom is -0.439 e. The van der Waals surface area contributed by atoms with Crippen molar-refractivity contribution >= 4 is 44.3 Å². The average molecular weight is 408 g/mol. The van der Waals surface area contributed by atoms with Gasteiger partial charge in [0.15, 0.2) is 5.58 Å². The van der Waals surface area contributed by atoms with E-state index in [0.717, 1.165) is 34.4 Å². The predicted octanol–water partition coefficient (Wildman–Crippen LogP) is 3.83. The molecule has 124 valence electrons. The fraction of sp³-hybridized carbons (Fsp3) is 0.312. The molecule has 1 fully saturated rings. The smallest absolute Gasteiger partial charge is 0.271 e. The van der Waals surface area contributed by atoms with E-state index in [1.807, 2.05) is 18.2 Å². The molecule has 0 saturated carbocycles. The summed E-state index contributed by atoms with van der Waals surface area (Å²) in [6.07, 6.45) is 2.04. The van der Waals surface area contributed by atoms with E-state index < -0.39 is 0 Å². The van der Waals surface area contributed by atoms with Crippen LogP contribution in [0.3, 0.4) is 0 Å². The second kappa shape index (κ2) is 6.62. The van der Waals surface area contributed by atoms with Gasteiger partial charge in [-0.05, 0) is 31.0 Å². The standard InChI is InChI=1S/C16H14BrN3O3S/c17-9-3-4-12-10(6-9)19-14(23-12)7-18-15(21)11-8-24-16(20-11)13-2-1-5-22-13/h3-4,6,8,13H,1-2,5,7H2,(H,18,21). The number of aromatic nitrogens is 2. The van der Waals surface area contributed by atoms with E-state index in [2.05, 4.69) is 31.2 Å². The largest absolute Gasteiger partial charge is 0.439 e. The summed E-state index contributed by atoms with van der Waals surface area (Å²) in [7, 11) is 0. The van der Waals surface area contributed by atoms with Crippen LogP contribution in [0.1, 0.15) is 40.3 Å². The molecular formula is C16H14BrN3O3S. The molecule has 1 atom stereocenters. The van der Waals surface area contributed by atoms with Crippen molar-refractivity contribution in [1.29, 1.82) is 0 Å². The van der Waals surface area contributed by atoms with Gasteiger partial charge in [0.1, 0.15) is 22.3 Å². The molecular weight excluding hydrogens is 394 g/mol. The van der Waals surface area contributed by atoms with Crippen LogP contribution in [-0.4, -0.2) is 22.5 Å². The van der Waals surface area contributed by atoms with Gasteiger partial charge in [-0.15, -0.1) is 11.3 Å². The maximum Gasteiger partial charge on any atom is 0.271 e. The summed E-state index contributed by atoms with van der Waals surface area (Å²) < 4.78 is 12.1. The summed E-state index contributed by atoms with van der Waals surface area (Å²) in [6, 6.07) is 5.60. The Balaban J connectivity index is 1.42. The number of benzene rings is 1. The van der Waals surface area contributed by atoms with Gasteiger partial charge in [0.05, 0.1) is 6.54 Å². The van der Waals surface area contributed by atoms with E-state index in [9.17, 15) is 4.79 Å². The molecule has 1 aliphatic rings. The number of carbonyl (C=O) groups excluding carboxylic acids is 1. The normalized spacial score (nSPS) is 17.5. The number of amides is 1. The van der Waals surface area contributed by atoms with Crippen molar-refractivity contribution < 1.29 is 13.9 Å². The Hall–Kier alpha value is -1.77. The van der Waals surface area contributed by atoms with Crippen LogP contribution in [-0.2, 0) is 11.3 Å². The van der Waals surface area contributed by atoms with Gasteiger partial charge in [-0.3, -0.25) is 4.79 Å². The third-order valence-corrected chi connectivity index (χ3v) is 5.18. The number of ether oxygens (including phenoxy) is 1. The van der Waals surface area contributed by atoms with Crippen LogP contribution < -0.4 is 5.32 Å². The van der Waals surface area contributed by atoms with Gasteiger partial charge in [0.25, 0.3) is 5.91 Å². The maximum atomic E-state index is 12.2. The average Bonchev–Trinajstić information content (AvgIpc) is 3.30. The van der Waals surface area contributed by atoms with Gasteiger partial charge < -0.3 is 14.5 Å². The summed E-state index contributed by atoms with van der Waals surface area (Å²) in [6.45, 7) is 0.984. The van der Waals surface area contributed by atoms with Crippen LogP contribution in [0.5, 0.6) is 0 Å². The Morgan fingerprint density at radius 1 is 1.42 bits per heavy atom. The first-order valence-corrected chi connectivity index (χ1v) is 9.26. The molecule has 8 heteroatoms. The molecule has 3 heterocycles. The molecule has 3 aromatic rings. The number of thiazole rings is 1. The second-order valence-electron chi connectivity index (χ2n) is 5.47. The number of oxazole rings is 1. The van der Waals surface area contributed by atoms with Gasteiger partial charge in [-0.1, -0.05) is 15.9 Å². The van der Waals surface area contributed by atoms with Crippen LogP contribution in [0, 0.1) is 0 Å². The summed E-state index contributed by atoms with van der Waals surface area (Å²) in [4.78, 5) is 21.0. The quantitative estimate of drug-likeness (QED) is 0.710. The Labute approximate surface area is 150 Å². The molecule has 1 aromatic carbocycles. The van der Waals surface area contributed by atoms with Crippen LogP contribution in [0.15, 0.2) is 32.5 Å². The highest BCUT2D eigenvalue weighted by Gasteiger charge is 2.22. The highest BCUT2D eigenvalue weighted by Crippen LogP contribution is 2.30. The molecule has 0 spiro atoms. The Bertz CT molecular complexity index is 886. The molecule has 1 unspecified atom stereocenters. The Kier molecular flexibility index (Phi) is 4.34. The highest BCUT2D eigenvalue weighted by molar-refractivity contribution is 9.10. The molecule has 6 nitrogen and oxygen atoms in total. The minimum absolute atomic E-state index is 0.0343. The SMILES string of the molecule is O=C(NCc1nc2cc(Br)ccc2o1)c1csc(C2CCCO2)n1. The van der Waals surface area contributed by atoms with E-state index in [4.69, 9.17) is 9.15 Å². The number of rotatable bonds is 4. The number of nitrogens with zero attached hydrogens (tertiary/aromatic N) is 2. The van der Waals surface area contributed by atoms with E-state index in [0.29, 0.717) is 17.2 Å². The van der Waals surface area contributed by atoms with Crippen molar-refractivity contribution in [3.05, 3.63) is 44.6 Å². The van der Waals surface area contributed by atoms with Gasteiger partial charge in [0.2, 0.25) is 5.89 Å². The summed E-state index contributed by atoms with van der Waals surface area (Å²) in [5.41, 5.74) is 1.85. The number of hydrogen-bond acceptors (Lipinski definition) is 6. The van der Waals surface area contributed by atoms with E-state index in [-0.39, 0.29) is 18.6 Å². The first-order chi connectivity index (χ1) is 11.7. The first-order valence-electron chi connectivity index (χ1n) is 7.59. The lowest BCUT2D eigenvalue weighted by Crippen LogP contribution is -2.23. The molecule has 4 rings (SSSR count). The number of fused-ring (bicyclic) bond motifs is 1. The van der Waals surface area contributed by atoms with E-state index in [1.165, 1.54) is 11.3 Å². The van der Waals surface area contributed by atoms with Crippen LogP contribution in [0.2, 0.25) is 0 Å². The minimum atomic E-state index is -0.237. The van der Waals surface area contributed by atoms with Gasteiger partial charge in [-0.2, -0.15) is 0 Å². The molecule has 24 heavy (non-hydrogen) atoms. The lowest BCUT2D eigenvalue weighted by molar-refractivity contribution is 0.0940. The number of nitrogens with one attached hydrogen (secondary N) is 1. The zero-order chi connectivity index (χ0) is 16.5. The Morgan fingerprint density at radius 2 is 2.33 bits per heavy atom. The van der Waals surface area contributed by atoms with Crippen LogP contribution >= 0.6 is 27.3 Å². The number of carbonyl (C=O) groups is 1. The lowest BCUT2D eigenvalue weighted by Gasteiger charge is -2.03. The molecule has 1 amide bonds. The summed E-state index contributed by atoms with van der Waals surface area (Å²) in [5, 5.41) is 5.42. The molecule has 1 N–H and O–H groups in total. The summed E-state index contributed by atoms with van der Waals surface area (Å²) in [5.74, 6) is 0.227. The number of halogens is 1. The van der Waals surface area contributed by atoms with Crippen molar-refractivity contribution in [2.45, 2.75) is 25.5 Å². The third kappa shape index (κ3) is 3.22. The Morgan fingerprint density at radius 3 is 3.17 bits per heavy atom. The van der Waals surface area contributed by atoms with Crippen molar-refractivity contribution in [1.82, 2.24) is 15.3 Å². The van der Waals surface area contributed by atoms with Gasteiger partial charge >= 0.3 is 0 Å². The maximum absolute atomic E-state index is 12.2. The third-order valence-electron chi connectivity index (χ3n) is 3.75. The van der Waals surface area contributed by atoms with E-state index in [1.54, 1.807) is 5.38 Å². The monoisotopic (exact) mass is 407 g/mol. The summed E-state index contributed by atoms with van der Waals surface area (Å²) >= 11 is 4.86. The van der Waals surface area contributed by atoms with Gasteiger partial charge in [0, 0.05) is 16.5 Å². The zero-order valence-electron chi connectivity index (χ0n) is 12.6. The fourth-order valence-corrected chi connectivity index (χ4v) is 3.81. The molecule has 0 aliphatic carbocycles. The van der Waals surface area contributed by atoms with E-state index >= 15 is 0 Å². The number of hydrogen-bond donors (Lipinski definition) is 1. The highest BCUT2D eigenvalue weighted by atomic mass is 79.9. The predicted molar refractivity (Wildman–Crippen MR) is 92.9 cm³/mol. The molecule has 0 bridgehead atoms. The lowest BCUT2D eigenvalue weighted by atomic mass is 10.2. The van der Waals surface area contributed by atoms with Crippen molar-refractivity contribution in [3.8, 4) is 0 Å². The second-order valence-corrected chi connectivity index (χ2v) is 7.28. The van der Waals surface area contributed by atoms with Crippen molar-refractivity contribution in [2.75, 3.05) is 6.61 Å². The zero-order valence-corrected chi connectivity index (χ0v) is 15.0. The molecule has 1 saturated heterocycles. The molecule has 0 radical (unpaired) electrons. The van der Waals surface area contributed by atoms with Crippen molar-refractivity contribution in [3.63, 3.8) is 0 Å². The van der Waals surface area contributed by atoms with Crippen LogP contribution in [0.25, 0.3) is 11.1 Å².